The first-order valence-corrected chi connectivity index (χ1v) is 12.6. The van der Waals surface area contributed by atoms with E-state index in [0.29, 0.717) is 18.4 Å². The Labute approximate surface area is 200 Å². The normalized spacial score (nSPS) is 18.7. The van der Waals surface area contributed by atoms with Crippen LogP contribution in [0.25, 0.3) is 0 Å². The first-order chi connectivity index (χ1) is 16.1. The predicted molar refractivity (Wildman–Crippen MR) is 135 cm³/mol. The molecule has 0 bridgehead atoms. The Kier molecular flexibility index (Phi) is 8.54. The summed E-state index contributed by atoms with van der Waals surface area (Å²) < 4.78 is 0. The zero-order chi connectivity index (χ0) is 23.0. The van der Waals surface area contributed by atoms with Crippen LogP contribution in [0.4, 0.5) is 0 Å². The lowest BCUT2D eigenvalue weighted by Gasteiger charge is -2.38. The van der Waals surface area contributed by atoms with Crippen molar-refractivity contribution >= 4 is 5.91 Å². The fourth-order valence-electron chi connectivity index (χ4n) is 5.03. The molecule has 5 nitrogen and oxygen atoms in total. The molecule has 178 valence electrons. The number of amides is 1. The lowest BCUT2D eigenvalue weighted by molar-refractivity contribution is -0.134. The molecule has 33 heavy (non-hydrogen) atoms. The summed E-state index contributed by atoms with van der Waals surface area (Å²) in [4.78, 5) is 22.4. The predicted octanol–water partition coefficient (Wildman–Crippen LogP) is 3.31. The fourth-order valence-corrected chi connectivity index (χ4v) is 5.03. The maximum Gasteiger partial charge on any atom is 0.236 e. The first-order valence-electron chi connectivity index (χ1n) is 12.6. The van der Waals surface area contributed by atoms with Crippen molar-refractivity contribution in [2.24, 2.45) is 0 Å². The first kappa shape index (κ1) is 23.9. The molecule has 2 saturated heterocycles. The monoisotopic (exact) mass is 448 g/mol. The Morgan fingerprint density at radius 3 is 2.06 bits per heavy atom. The number of hydrogen-bond donors (Lipinski definition) is 0. The minimum Gasteiger partial charge on any atom is -0.339 e. The van der Waals surface area contributed by atoms with Crippen LogP contribution >= 0.6 is 0 Å². The van der Waals surface area contributed by atoms with E-state index in [1.807, 2.05) is 0 Å². The molecule has 5 heteroatoms. The highest BCUT2D eigenvalue weighted by Gasteiger charge is 2.25. The minimum atomic E-state index is 0.301. The molecule has 0 aromatic heterocycles. The van der Waals surface area contributed by atoms with Gasteiger partial charge in [0.05, 0.1) is 6.54 Å². The molecule has 2 aromatic rings. The molecule has 0 saturated carbocycles. The van der Waals surface area contributed by atoms with Crippen molar-refractivity contribution in [3.8, 4) is 0 Å². The number of benzene rings is 2. The minimum absolute atomic E-state index is 0.301. The van der Waals surface area contributed by atoms with Gasteiger partial charge >= 0.3 is 0 Å². The van der Waals surface area contributed by atoms with Crippen LogP contribution in [-0.2, 0) is 17.8 Å². The number of nitrogens with zero attached hydrogens (tertiary/aromatic N) is 4. The molecule has 0 unspecified atom stereocenters. The van der Waals surface area contributed by atoms with Gasteiger partial charge in [-0.15, -0.1) is 0 Å². The second-order valence-corrected chi connectivity index (χ2v) is 9.86. The van der Waals surface area contributed by atoms with Crippen LogP contribution < -0.4 is 0 Å². The summed E-state index contributed by atoms with van der Waals surface area (Å²) in [6.07, 6.45) is 1.10. The van der Waals surface area contributed by atoms with Gasteiger partial charge in [0.1, 0.15) is 0 Å². The molecule has 0 radical (unpaired) electrons. The van der Waals surface area contributed by atoms with E-state index >= 15 is 0 Å². The smallest absolute Gasteiger partial charge is 0.236 e. The van der Waals surface area contributed by atoms with Crippen LogP contribution in [0.2, 0.25) is 0 Å². The van der Waals surface area contributed by atoms with Gasteiger partial charge in [0.15, 0.2) is 0 Å². The molecule has 0 aliphatic carbocycles. The fraction of sp³-hybridized carbons (Fsp3) is 0.536. The highest BCUT2D eigenvalue weighted by Crippen LogP contribution is 2.21. The van der Waals surface area contributed by atoms with Gasteiger partial charge in [0.25, 0.3) is 0 Å². The maximum atomic E-state index is 12.9. The van der Waals surface area contributed by atoms with Gasteiger partial charge < -0.3 is 9.80 Å². The zero-order valence-electron chi connectivity index (χ0n) is 20.5. The lowest BCUT2D eigenvalue weighted by atomic mass is 9.97. The third-order valence-corrected chi connectivity index (χ3v) is 7.18. The van der Waals surface area contributed by atoms with Crippen LogP contribution in [-0.4, -0.2) is 91.0 Å². The SMILES string of the molecule is CC(C)c1ccccc1CN1CCN(C(=O)CN2CCN(CCc3ccccc3)CC2)CC1. The van der Waals surface area contributed by atoms with E-state index in [0.717, 1.165) is 71.9 Å². The van der Waals surface area contributed by atoms with E-state index in [2.05, 4.69) is 88.0 Å². The van der Waals surface area contributed by atoms with Crippen molar-refractivity contribution in [1.82, 2.24) is 19.6 Å². The number of carbonyl (C=O) groups is 1. The van der Waals surface area contributed by atoms with Gasteiger partial charge in [-0.2, -0.15) is 0 Å². The largest absolute Gasteiger partial charge is 0.339 e. The van der Waals surface area contributed by atoms with Crippen LogP contribution in [0, 0.1) is 0 Å². The molecule has 1 amide bonds. The van der Waals surface area contributed by atoms with E-state index in [4.69, 9.17) is 0 Å². The number of carbonyl (C=O) groups excluding carboxylic acids is 1. The molecule has 2 heterocycles. The molecule has 2 fully saturated rings. The summed E-state index contributed by atoms with van der Waals surface area (Å²) in [7, 11) is 0. The molecule has 0 spiro atoms. The summed E-state index contributed by atoms with van der Waals surface area (Å²) in [5.41, 5.74) is 4.28. The van der Waals surface area contributed by atoms with Crippen molar-refractivity contribution < 1.29 is 4.79 Å². The Morgan fingerprint density at radius 2 is 1.36 bits per heavy atom. The quantitative estimate of drug-likeness (QED) is 0.620. The van der Waals surface area contributed by atoms with Gasteiger partial charge in [0.2, 0.25) is 5.91 Å². The third-order valence-electron chi connectivity index (χ3n) is 7.18. The van der Waals surface area contributed by atoms with Gasteiger partial charge in [-0.3, -0.25) is 14.6 Å². The molecule has 2 aromatic carbocycles. The van der Waals surface area contributed by atoms with E-state index in [-0.39, 0.29) is 0 Å². The molecule has 0 N–H and O–H groups in total. The Balaban J connectivity index is 1.16. The number of piperazine rings is 2. The average Bonchev–Trinajstić information content (AvgIpc) is 2.85. The number of hydrogen-bond acceptors (Lipinski definition) is 4. The van der Waals surface area contributed by atoms with Gasteiger partial charge in [-0.1, -0.05) is 68.4 Å². The summed E-state index contributed by atoms with van der Waals surface area (Å²) in [5, 5.41) is 0. The second-order valence-electron chi connectivity index (χ2n) is 9.86. The molecular formula is C28H40N4O. The van der Waals surface area contributed by atoms with Crippen LogP contribution in [0.5, 0.6) is 0 Å². The Hall–Kier alpha value is -2.21. The van der Waals surface area contributed by atoms with Crippen molar-refractivity contribution in [3.05, 3.63) is 71.3 Å². The highest BCUT2D eigenvalue weighted by atomic mass is 16.2. The standard InChI is InChI=1S/C28H40N4O/c1-24(2)27-11-7-6-10-26(27)22-30-18-20-32(21-19-30)28(33)23-31-16-14-29(15-17-31)13-12-25-8-4-3-5-9-25/h3-11,24H,12-23H2,1-2H3. The summed E-state index contributed by atoms with van der Waals surface area (Å²) >= 11 is 0. The lowest BCUT2D eigenvalue weighted by Crippen LogP contribution is -2.53. The Morgan fingerprint density at radius 1 is 0.758 bits per heavy atom. The summed E-state index contributed by atoms with van der Waals surface area (Å²) in [5.74, 6) is 0.845. The second kappa shape index (κ2) is 11.8. The van der Waals surface area contributed by atoms with Crippen molar-refractivity contribution in [2.75, 3.05) is 65.4 Å². The molecule has 0 atom stereocenters. The topological polar surface area (TPSA) is 30.0 Å². The van der Waals surface area contributed by atoms with Crippen molar-refractivity contribution in [3.63, 3.8) is 0 Å². The van der Waals surface area contributed by atoms with Crippen LogP contribution in [0.15, 0.2) is 54.6 Å². The summed E-state index contributed by atoms with van der Waals surface area (Å²) in [6, 6.07) is 19.5. The van der Waals surface area contributed by atoms with E-state index < -0.39 is 0 Å². The van der Waals surface area contributed by atoms with Gasteiger partial charge in [0, 0.05) is 65.4 Å². The van der Waals surface area contributed by atoms with Gasteiger partial charge in [-0.25, -0.2) is 0 Å². The summed E-state index contributed by atoms with van der Waals surface area (Å²) in [6.45, 7) is 14.9. The molecule has 4 rings (SSSR count). The average molecular weight is 449 g/mol. The van der Waals surface area contributed by atoms with E-state index in [1.54, 1.807) is 0 Å². The van der Waals surface area contributed by atoms with E-state index in [1.165, 1.54) is 16.7 Å². The van der Waals surface area contributed by atoms with Crippen molar-refractivity contribution in [2.45, 2.75) is 32.7 Å². The Bertz CT molecular complexity index is 868. The van der Waals surface area contributed by atoms with E-state index in [9.17, 15) is 4.79 Å². The maximum absolute atomic E-state index is 12.9. The zero-order valence-corrected chi connectivity index (χ0v) is 20.5. The van der Waals surface area contributed by atoms with Crippen LogP contribution in [0.1, 0.15) is 36.5 Å². The molecular weight excluding hydrogens is 408 g/mol. The van der Waals surface area contributed by atoms with Crippen LogP contribution in [0.3, 0.4) is 0 Å². The van der Waals surface area contributed by atoms with Crippen molar-refractivity contribution in [1.29, 1.82) is 0 Å². The number of rotatable bonds is 8. The third kappa shape index (κ3) is 6.89. The molecule has 2 aliphatic heterocycles. The highest BCUT2D eigenvalue weighted by molar-refractivity contribution is 5.78. The van der Waals surface area contributed by atoms with Gasteiger partial charge in [-0.05, 0) is 29.0 Å². The molecule has 2 aliphatic rings.